The van der Waals surface area contributed by atoms with Gasteiger partial charge in [-0.15, -0.1) is 0 Å². The molecule has 0 saturated carbocycles. The number of nitrogens with one attached hydrogen (secondary N) is 1. The standard InChI is InChI=1S/C8H13N3S/c1-2-4-10-8(9)11-7-3-5-12-6-7/h3,5-6H,2,4H2,1H3,(H3,9,10,11). The van der Waals surface area contributed by atoms with Crippen molar-refractivity contribution in [2.45, 2.75) is 13.3 Å². The highest BCUT2D eigenvalue weighted by Gasteiger charge is 1.92. The van der Waals surface area contributed by atoms with Gasteiger partial charge in [-0.3, -0.25) is 4.99 Å². The Labute approximate surface area is 76.3 Å². The Morgan fingerprint density at radius 2 is 2.58 bits per heavy atom. The maximum atomic E-state index is 5.59. The molecule has 0 unspecified atom stereocenters. The third kappa shape index (κ3) is 2.92. The Hall–Kier alpha value is -1.03. The Balaban J connectivity index is 2.41. The zero-order valence-corrected chi connectivity index (χ0v) is 7.90. The lowest BCUT2D eigenvalue weighted by Crippen LogP contribution is -2.22. The van der Waals surface area contributed by atoms with Crippen LogP contribution in [0.4, 0.5) is 5.69 Å². The molecule has 0 aliphatic heterocycles. The zero-order valence-electron chi connectivity index (χ0n) is 7.08. The van der Waals surface area contributed by atoms with E-state index < -0.39 is 0 Å². The molecule has 0 fully saturated rings. The fraction of sp³-hybridized carbons (Fsp3) is 0.375. The molecule has 0 radical (unpaired) electrons. The first-order chi connectivity index (χ1) is 5.83. The van der Waals surface area contributed by atoms with Gasteiger partial charge in [0.15, 0.2) is 5.96 Å². The van der Waals surface area contributed by atoms with Crippen molar-refractivity contribution in [1.29, 1.82) is 0 Å². The van der Waals surface area contributed by atoms with Crippen LogP contribution in [0.3, 0.4) is 0 Å². The summed E-state index contributed by atoms with van der Waals surface area (Å²) in [6.07, 6.45) is 1.02. The van der Waals surface area contributed by atoms with Crippen LogP contribution in [-0.2, 0) is 0 Å². The Morgan fingerprint density at radius 1 is 1.75 bits per heavy atom. The van der Waals surface area contributed by atoms with Gasteiger partial charge in [-0.2, -0.15) is 11.3 Å². The molecular formula is C8H13N3S. The summed E-state index contributed by atoms with van der Waals surface area (Å²) in [5.41, 5.74) is 6.61. The van der Waals surface area contributed by atoms with E-state index in [9.17, 15) is 0 Å². The molecule has 4 heteroatoms. The highest BCUT2D eigenvalue weighted by molar-refractivity contribution is 7.08. The van der Waals surface area contributed by atoms with Gasteiger partial charge in [-0.1, -0.05) is 6.92 Å². The average Bonchev–Trinajstić information content (AvgIpc) is 2.53. The number of aliphatic imine (C=N–C) groups is 1. The molecule has 3 nitrogen and oxygen atoms in total. The van der Waals surface area contributed by atoms with Crippen LogP contribution >= 0.6 is 11.3 Å². The number of nitrogens with two attached hydrogens (primary N) is 1. The third-order valence-electron chi connectivity index (χ3n) is 1.30. The van der Waals surface area contributed by atoms with Crippen LogP contribution in [0, 0.1) is 0 Å². The number of nitrogens with zero attached hydrogens (tertiary/aromatic N) is 1. The molecule has 0 aliphatic rings. The van der Waals surface area contributed by atoms with Crippen molar-refractivity contribution in [2.24, 2.45) is 10.7 Å². The normalized spacial score (nSPS) is 11.6. The van der Waals surface area contributed by atoms with Crippen LogP contribution in [0.15, 0.2) is 21.8 Å². The summed E-state index contributed by atoms with van der Waals surface area (Å²) in [4.78, 5) is 4.11. The minimum absolute atomic E-state index is 0.496. The Bertz CT molecular complexity index is 241. The van der Waals surface area contributed by atoms with E-state index in [0.717, 1.165) is 18.7 Å². The number of hydrogen-bond acceptors (Lipinski definition) is 2. The summed E-state index contributed by atoms with van der Waals surface area (Å²) in [5.74, 6) is 0.496. The van der Waals surface area contributed by atoms with Crippen LogP contribution in [0.2, 0.25) is 0 Å². The van der Waals surface area contributed by atoms with Crippen molar-refractivity contribution >= 4 is 23.0 Å². The van der Waals surface area contributed by atoms with Crippen molar-refractivity contribution in [3.8, 4) is 0 Å². The van der Waals surface area contributed by atoms with Crippen molar-refractivity contribution in [3.05, 3.63) is 16.8 Å². The minimum atomic E-state index is 0.496. The maximum absolute atomic E-state index is 5.59. The van der Waals surface area contributed by atoms with E-state index in [1.54, 1.807) is 11.3 Å². The zero-order chi connectivity index (χ0) is 8.81. The summed E-state index contributed by atoms with van der Waals surface area (Å²) in [6, 6.07) is 1.97. The largest absolute Gasteiger partial charge is 0.370 e. The predicted molar refractivity (Wildman–Crippen MR) is 54.7 cm³/mol. The van der Waals surface area contributed by atoms with Crippen LogP contribution in [0.25, 0.3) is 0 Å². The van der Waals surface area contributed by atoms with E-state index in [1.807, 2.05) is 16.8 Å². The first-order valence-corrected chi connectivity index (χ1v) is 4.86. The van der Waals surface area contributed by atoms with Gasteiger partial charge in [-0.05, 0) is 17.9 Å². The lowest BCUT2D eigenvalue weighted by Gasteiger charge is -2.01. The molecule has 1 heterocycles. The highest BCUT2D eigenvalue weighted by atomic mass is 32.1. The molecule has 0 spiro atoms. The predicted octanol–water partition coefficient (Wildman–Crippen LogP) is 1.88. The molecule has 0 aromatic carbocycles. The monoisotopic (exact) mass is 183 g/mol. The molecule has 1 rings (SSSR count). The maximum Gasteiger partial charge on any atom is 0.193 e. The number of guanidine groups is 1. The molecule has 12 heavy (non-hydrogen) atoms. The van der Waals surface area contributed by atoms with E-state index in [-0.39, 0.29) is 0 Å². The van der Waals surface area contributed by atoms with Gasteiger partial charge >= 0.3 is 0 Å². The van der Waals surface area contributed by atoms with Gasteiger partial charge in [0.25, 0.3) is 0 Å². The van der Waals surface area contributed by atoms with E-state index in [0.29, 0.717) is 5.96 Å². The lowest BCUT2D eigenvalue weighted by molar-refractivity contribution is 0.929. The van der Waals surface area contributed by atoms with Crippen molar-refractivity contribution < 1.29 is 0 Å². The number of thiophene rings is 1. The number of anilines is 1. The Morgan fingerprint density at radius 3 is 3.17 bits per heavy atom. The molecule has 0 bridgehead atoms. The second-order valence-electron chi connectivity index (χ2n) is 2.40. The summed E-state index contributed by atoms with van der Waals surface area (Å²) in [5, 5.41) is 6.98. The Kier molecular flexibility index (Phi) is 3.60. The van der Waals surface area contributed by atoms with Crippen LogP contribution < -0.4 is 11.1 Å². The van der Waals surface area contributed by atoms with Gasteiger partial charge < -0.3 is 11.1 Å². The van der Waals surface area contributed by atoms with Crippen LogP contribution in [-0.4, -0.2) is 12.5 Å². The molecule has 3 N–H and O–H groups in total. The second kappa shape index (κ2) is 4.77. The topological polar surface area (TPSA) is 50.4 Å². The first kappa shape index (κ1) is 9.06. The minimum Gasteiger partial charge on any atom is -0.370 e. The van der Waals surface area contributed by atoms with Crippen molar-refractivity contribution in [3.63, 3.8) is 0 Å². The van der Waals surface area contributed by atoms with E-state index in [4.69, 9.17) is 5.73 Å². The quantitative estimate of drug-likeness (QED) is 0.555. The molecule has 1 aromatic heterocycles. The van der Waals surface area contributed by atoms with Crippen molar-refractivity contribution in [2.75, 3.05) is 11.9 Å². The number of rotatable bonds is 3. The van der Waals surface area contributed by atoms with Gasteiger partial charge in [0.1, 0.15) is 0 Å². The molecule has 0 amide bonds. The van der Waals surface area contributed by atoms with Gasteiger partial charge in [0.05, 0.1) is 5.69 Å². The van der Waals surface area contributed by atoms with Crippen LogP contribution in [0.5, 0.6) is 0 Å². The SMILES string of the molecule is CCCN=C(N)Nc1ccsc1. The summed E-state index contributed by atoms with van der Waals surface area (Å²) >= 11 is 1.63. The molecular weight excluding hydrogens is 170 g/mol. The number of hydrogen-bond donors (Lipinski definition) is 2. The third-order valence-corrected chi connectivity index (χ3v) is 1.98. The van der Waals surface area contributed by atoms with E-state index >= 15 is 0 Å². The smallest absolute Gasteiger partial charge is 0.193 e. The van der Waals surface area contributed by atoms with Gasteiger partial charge in [-0.25, -0.2) is 0 Å². The highest BCUT2D eigenvalue weighted by Crippen LogP contribution is 2.10. The fourth-order valence-electron chi connectivity index (χ4n) is 0.755. The summed E-state index contributed by atoms with van der Waals surface area (Å²) in [6.45, 7) is 2.85. The first-order valence-electron chi connectivity index (χ1n) is 3.92. The lowest BCUT2D eigenvalue weighted by atomic mass is 10.5. The molecule has 0 atom stereocenters. The molecule has 0 aliphatic carbocycles. The molecule has 0 saturated heterocycles. The van der Waals surface area contributed by atoms with Crippen molar-refractivity contribution in [1.82, 2.24) is 0 Å². The van der Waals surface area contributed by atoms with Crippen LogP contribution in [0.1, 0.15) is 13.3 Å². The molecule has 1 aromatic rings. The average molecular weight is 183 g/mol. The van der Waals surface area contributed by atoms with E-state index in [2.05, 4.69) is 17.2 Å². The summed E-state index contributed by atoms with van der Waals surface area (Å²) in [7, 11) is 0. The molecule has 66 valence electrons. The fourth-order valence-corrected chi connectivity index (χ4v) is 1.34. The summed E-state index contributed by atoms with van der Waals surface area (Å²) < 4.78 is 0. The second-order valence-corrected chi connectivity index (χ2v) is 3.18. The van der Waals surface area contributed by atoms with Gasteiger partial charge in [0, 0.05) is 11.9 Å². The van der Waals surface area contributed by atoms with Gasteiger partial charge in [0.2, 0.25) is 0 Å². The van der Waals surface area contributed by atoms with E-state index in [1.165, 1.54) is 0 Å².